The molecule has 1 aromatic rings. The number of piperidine rings is 2. The Morgan fingerprint density at radius 1 is 1.07 bits per heavy atom. The van der Waals surface area contributed by atoms with Crippen LogP contribution in [-0.2, 0) is 24.1 Å². The van der Waals surface area contributed by atoms with Crippen LogP contribution in [0.15, 0.2) is 12.1 Å². The van der Waals surface area contributed by atoms with Gasteiger partial charge >= 0.3 is 6.03 Å². The van der Waals surface area contributed by atoms with Gasteiger partial charge in [0.1, 0.15) is 5.78 Å². The van der Waals surface area contributed by atoms with E-state index >= 15 is 0 Å². The van der Waals surface area contributed by atoms with Crippen molar-refractivity contribution in [1.82, 2.24) is 14.8 Å². The Hall–Kier alpha value is -1.95. The fourth-order valence-electron chi connectivity index (χ4n) is 5.32. The topological polar surface area (TPSA) is 73.7 Å². The Morgan fingerprint density at radius 3 is 2.43 bits per heavy atom. The zero-order chi connectivity index (χ0) is 21.1. The van der Waals surface area contributed by atoms with Crippen LogP contribution in [0.4, 0.5) is 4.79 Å². The van der Waals surface area contributed by atoms with Crippen molar-refractivity contribution in [1.29, 1.82) is 0 Å². The van der Waals surface area contributed by atoms with Crippen molar-refractivity contribution in [2.75, 3.05) is 26.2 Å². The van der Waals surface area contributed by atoms with Crippen LogP contribution in [0.25, 0.3) is 0 Å². The molecule has 1 aliphatic carbocycles. The number of aryl methyl sites for hydroxylation is 2. The first-order valence-electron chi connectivity index (χ1n) is 11.7. The normalized spacial score (nSPS) is 21.9. The summed E-state index contributed by atoms with van der Waals surface area (Å²) < 4.78 is 0. The number of ketones is 1. The first-order chi connectivity index (χ1) is 14.4. The first kappa shape index (κ1) is 21.3. The van der Waals surface area contributed by atoms with Crippen molar-refractivity contribution in [2.45, 2.75) is 76.7 Å². The van der Waals surface area contributed by atoms with Gasteiger partial charge in [-0.15, -0.1) is 0 Å². The molecule has 0 unspecified atom stereocenters. The molecule has 0 spiro atoms. The maximum atomic E-state index is 12.9. The number of nitrogens with zero attached hydrogens (tertiary/aromatic N) is 3. The van der Waals surface area contributed by atoms with Crippen LogP contribution < -0.4 is 0 Å². The van der Waals surface area contributed by atoms with Crippen LogP contribution in [0, 0.1) is 5.92 Å². The SMILES string of the molecule is CC(=O)CC1(O)CCN(C(=O)N2CCC(Cc3ccc4c(n3)CCCC4)CC2)CC1. The summed E-state index contributed by atoms with van der Waals surface area (Å²) in [6.45, 7) is 4.16. The van der Waals surface area contributed by atoms with Gasteiger partial charge in [-0.05, 0) is 82.3 Å². The minimum absolute atomic E-state index is 0.00719. The smallest absolute Gasteiger partial charge is 0.320 e. The quantitative estimate of drug-likeness (QED) is 0.823. The largest absolute Gasteiger partial charge is 0.389 e. The van der Waals surface area contributed by atoms with E-state index in [2.05, 4.69) is 12.1 Å². The van der Waals surface area contributed by atoms with Gasteiger partial charge in [0.2, 0.25) is 0 Å². The minimum atomic E-state index is -0.933. The average molecular weight is 414 g/mol. The summed E-state index contributed by atoms with van der Waals surface area (Å²) in [5.41, 5.74) is 3.02. The van der Waals surface area contributed by atoms with E-state index in [0.29, 0.717) is 31.8 Å². The number of aliphatic hydroxyl groups is 1. The lowest BCUT2D eigenvalue weighted by Gasteiger charge is -2.41. The molecule has 3 aliphatic rings. The fourth-order valence-corrected chi connectivity index (χ4v) is 5.32. The standard InChI is InChI=1S/C24H35N3O3/c1-18(28)17-24(30)10-14-27(15-11-24)23(29)26-12-8-19(9-13-26)16-21-7-6-20-4-2-3-5-22(20)25-21/h6-7,19,30H,2-5,8-17H2,1H3. The second kappa shape index (κ2) is 9.04. The molecule has 2 saturated heterocycles. The Morgan fingerprint density at radius 2 is 1.73 bits per heavy atom. The van der Waals surface area contributed by atoms with Gasteiger partial charge in [0, 0.05) is 44.0 Å². The number of pyridine rings is 1. The predicted molar refractivity (Wildman–Crippen MR) is 115 cm³/mol. The molecule has 0 aromatic carbocycles. The van der Waals surface area contributed by atoms with Gasteiger partial charge in [-0.25, -0.2) is 4.79 Å². The summed E-state index contributed by atoms with van der Waals surface area (Å²) >= 11 is 0. The number of carbonyl (C=O) groups is 2. The van der Waals surface area contributed by atoms with Crippen molar-refractivity contribution >= 4 is 11.8 Å². The van der Waals surface area contributed by atoms with Crippen LogP contribution in [0.2, 0.25) is 0 Å². The van der Waals surface area contributed by atoms with Crippen LogP contribution in [0.1, 0.15) is 68.8 Å². The summed E-state index contributed by atoms with van der Waals surface area (Å²) in [5.74, 6) is 0.595. The zero-order valence-electron chi connectivity index (χ0n) is 18.2. The number of hydrogen-bond acceptors (Lipinski definition) is 4. The van der Waals surface area contributed by atoms with Gasteiger partial charge in [-0.1, -0.05) is 6.07 Å². The maximum Gasteiger partial charge on any atom is 0.320 e. The highest BCUT2D eigenvalue weighted by Gasteiger charge is 2.36. The summed E-state index contributed by atoms with van der Waals surface area (Å²) in [5, 5.41) is 10.5. The van der Waals surface area contributed by atoms with Gasteiger partial charge in [0.25, 0.3) is 0 Å². The Kier molecular flexibility index (Phi) is 6.42. The molecule has 0 bridgehead atoms. The molecular weight excluding hydrogens is 378 g/mol. The summed E-state index contributed by atoms with van der Waals surface area (Å²) in [6, 6.07) is 4.57. The van der Waals surface area contributed by atoms with Crippen LogP contribution in [-0.4, -0.2) is 63.5 Å². The summed E-state index contributed by atoms with van der Waals surface area (Å²) in [4.78, 5) is 33.0. The number of aromatic nitrogens is 1. The van der Waals surface area contributed by atoms with Gasteiger partial charge in [-0.3, -0.25) is 9.78 Å². The lowest BCUT2D eigenvalue weighted by Crippen LogP contribution is -2.53. The third-order valence-electron chi connectivity index (χ3n) is 7.16. The zero-order valence-corrected chi connectivity index (χ0v) is 18.2. The molecule has 2 aliphatic heterocycles. The van der Waals surface area contributed by atoms with Crippen LogP contribution >= 0.6 is 0 Å². The Labute approximate surface area is 179 Å². The van der Waals surface area contributed by atoms with Crippen LogP contribution in [0.5, 0.6) is 0 Å². The van der Waals surface area contributed by atoms with Crippen molar-refractivity contribution in [3.05, 3.63) is 29.1 Å². The highest BCUT2D eigenvalue weighted by molar-refractivity contribution is 5.77. The van der Waals surface area contributed by atoms with E-state index in [1.165, 1.54) is 43.1 Å². The lowest BCUT2D eigenvalue weighted by atomic mass is 9.87. The summed E-state index contributed by atoms with van der Waals surface area (Å²) in [7, 11) is 0. The number of amides is 2. The van der Waals surface area contributed by atoms with E-state index in [4.69, 9.17) is 4.98 Å². The molecule has 30 heavy (non-hydrogen) atoms. The molecule has 164 valence electrons. The van der Waals surface area contributed by atoms with E-state index in [9.17, 15) is 14.7 Å². The van der Waals surface area contributed by atoms with E-state index < -0.39 is 5.60 Å². The molecule has 2 fully saturated rings. The average Bonchev–Trinajstić information content (AvgIpc) is 2.73. The fraction of sp³-hybridized carbons (Fsp3) is 0.708. The van der Waals surface area contributed by atoms with Gasteiger partial charge in [0.15, 0.2) is 0 Å². The molecule has 1 aromatic heterocycles. The number of Topliss-reactive ketones (excluding diaryl/α,β-unsaturated/α-hetero) is 1. The van der Waals surface area contributed by atoms with E-state index in [0.717, 1.165) is 38.8 Å². The number of rotatable bonds is 4. The van der Waals surface area contributed by atoms with Gasteiger partial charge < -0.3 is 14.9 Å². The number of hydrogen-bond donors (Lipinski definition) is 1. The first-order valence-corrected chi connectivity index (χ1v) is 11.7. The summed E-state index contributed by atoms with van der Waals surface area (Å²) in [6.07, 6.45) is 9.05. The molecular formula is C24H35N3O3. The highest BCUT2D eigenvalue weighted by atomic mass is 16.3. The Bertz CT molecular complexity index is 778. The number of urea groups is 1. The minimum Gasteiger partial charge on any atom is -0.389 e. The van der Waals surface area contributed by atoms with E-state index in [1.807, 2.05) is 9.80 Å². The molecule has 0 atom stereocenters. The van der Waals surface area contributed by atoms with Gasteiger partial charge in [0.05, 0.1) is 5.60 Å². The predicted octanol–water partition coefficient (Wildman–Crippen LogP) is 3.14. The van der Waals surface area contributed by atoms with E-state index in [1.54, 1.807) is 0 Å². The molecule has 6 nitrogen and oxygen atoms in total. The molecule has 3 heterocycles. The Balaban J connectivity index is 1.24. The number of likely N-dealkylation sites (tertiary alicyclic amines) is 2. The molecule has 1 N–H and O–H groups in total. The maximum absolute atomic E-state index is 12.9. The van der Waals surface area contributed by atoms with Crippen molar-refractivity contribution < 1.29 is 14.7 Å². The molecule has 0 saturated carbocycles. The van der Waals surface area contributed by atoms with Crippen molar-refractivity contribution in [2.24, 2.45) is 5.92 Å². The van der Waals surface area contributed by atoms with E-state index in [-0.39, 0.29) is 18.2 Å². The second-order valence-electron chi connectivity index (χ2n) is 9.62. The van der Waals surface area contributed by atoms with Crippen LogP contribution in [0.3, 0.4) is 0 Å². The number of carbonyl (C=O) groups excluding carboxylic acids is 2. The molecule has 4 rings (SSSR count). The van der Waals surface area contributed by atoms with Crippen molar-refractivity contribution in [3.8, 4) is 0 Å². The van der Waals surface area contributed by atoms with Crippen molar-refractivity contribution in [3.63, 3.8) is 0 Å². The lowest BCUT2D eigenvalue weighted by molar-refractivity contribution is -0.123. The number of fused-ring (bicyclic) bond motifs is 1. The third kappa shape index (κ3) is 5.02. The third-order valence-corrected chi connectivity index (χ3v) is 7.16. The highest BCUT2D eigenvalue weighted by Crippen LogP contribution is 2.28. The monoisotopic (exact) mass is 413 g/mol. The molecule has 6 heteroatoms. The molecule has 2 amide bonds. The molecule has 0 radical (unpaired) electrons. The van der Waals surface area contributed by atoms with Gasteiger partial charge in [-0.2, -0.15) is 0 Å². The second-order valence-corrected chi connectivity index (χ2v) is 9.62.